The van der Waals surface area contributed by atoms with Gasteiger partial charge in [0.2, 0.25) is 0 Å². The third-order valence-corrected chi connectivity index (χ3v) is 2.63. The van der Waals surface area contributed by atoms with E-state index in [1.807, 2.05) is 0 Å². The summed E-state index contributed by atoms with van der Waals surface area (Å²) in [7, 11) is 0. The number of carboxylic acids is 1. The molecule has 64 valence electrons. The molecule has 2 fully saturated rings. The van der Waals surface area contributed by atoms with Gasteiger partial charge in [0.25, 0.3) is 0 Å². The van der Waals surface area contributed by atoms with E-state index in [1.54, 1.807) is 0 Å². The van der Waals surface area contributed by atoms with Crippen LogP contribution < -0.4 is 5.32 Å². The second kappa shape index (κ2) is 2.99. The van der Waals surface area contributed by atoms with Gasteiger partial charge in [-0.3, -0.25) is 4.79 Å². The highest BCUT2D eigenvalue weighted by Crippen LogP contribution is 2.34. The number of halogens is 1. The zero-order valence-corrected chi connectivity index (χ0v) is 6.93. The fraction of sp³-hybridized carbons (Fsp3) is 0.857. The first-order valence-corrected chi connectivity index (χ1v) is 3.76. The highest BCUT2D eigenvalue weighted by atomic mass is 35.5. The zero-order chi connectivity index (χ0) is 7.14. The molecule has 0 radical (unpaired) electrons. The molecule has 1 saturated carbocycles. The van der Waals surface area contributed by atoms with Crippen molar-refractivity contribution in [1.29, 1.82) is 0 Å². The lowest BCUT2D eigenvalue weighted by molar-refractivity contribution is -0.140. The van der Waals surface area contributed by atoms with E-state index in [2.05, 4.69) is 5.32 Å². The van der Waals surface area contributed by atoms with Gasteiger partial charge in [-0.25, -0.2) is 0 Å². The summed E-state index contributed by atoms with van der Waals surface area (Å²) in [5.74, 6) is -0.255. The van der Waals surface area contributed by atoms with Crippen LogP contribution in [0.5, 0.6) is 0 Å². The minimum atomic E-state index is -0.674. The van der Waals surface area contributed by atoms with Gasteiger partial charge in [-0.05, 0) is 25.2 Å². The number of rotatable bonds is 1. The molecule has 2 bridgehead atoms. The van der Waals surface area contributed by atoms with Gasteiger partial charge in [0.15, 0.2) is 0 Å². The predicted octanol–water partition coefficient (Wildman–Crippen LogP) is 0.633. The van der Waals surface area contributed by atoms with E-state index in [-0.39, 0.29) is 18.4 Å². The molecule has 1 heterocycles. The number of fused-ring (bicyclic) bond motifs is 2. The predicted molar refractivity (Wildman–Crippen MR) is 42.9 cm³/mol. The molecule has 1 aliphatic heterocycles. The van der Waals surface area contributed by atoms with Crippen molar-refractivity contribution in [2.45, 2.75) is 31.3 Å². The lowest BCUT2D eigenvalue weighted by atomic mass is 10.0. The smallest absolute Gasteiger partial charge is 0.320 e. The van der Waals surface area contributed by atoms with Gasteiger partial charge in [0, 0.05) is 6.04 Å². The number of carbonyl (C=O) groups is 1. The van der Waals surface area contributed by atoms with E-state index >= 15 is 0 Å². The molecule has 11 heavy (non-hydrogen) atoms. The molecule has 3 nitrogen and oxygen atoms in total. The summed E-state index contributed by atoms with van der Waals surface area (Å²) in [5, 5.41) is 11.8. The normalized spacial score (nSPS) is 40.2. The molecule has 2 N–H and O–H groups in total. The van der Waals surface area contributed by atoms with Crippen LogP contribution in [0, 0.1) is 5.92 Å². The number of hydrogen-bond acceptors (Lipinski definition) is 2. The van der Waals surface area contributed by atoms with E-state index in [0.717, 1.165) is 12.8 Å². The van der Waals surface area contributed by atoms with Gasteiger partial charge < -0.3 is 10.4 Å². The van der Waals surface area contributed by atoms with Crippen LogP contribution in [0.4, 0.5) is 0 Å². The molecule has 0 aromatic carbocycles. The number of carboxylic acid groups (broad SMARTS) is 1. The monoisotopic (exact) mass is 177 g/mol. The Morgan fingerprint density at radius 2 is 2.18 bits per heavy atom. The number of aliphatic carboxylic acids is 1. The maximum absolute atomic E-state index is 10.5. The molecular weight excluding hydrogens is 166 g/mol. The Hall–Kier alpha value is -0.280. The maximum Gasteiger partial charge on any atom is 0.320 e. The van der Waals surface area contributed by atoms with E-state index < -0.39 is 5.97 Å². The molecule has 2 aliphatic rings. The van der Waals surface area contributed by atoms with Crippen molar-refractivity contribution in [2.75, 3.05) is 0 Å². The maximum atomic E-state index is 10.5. The highest BCUT2D eigenvalue weighted by molar-refractivity contribution is 5.85. The lowest BCUT2D eigenvalue weighted by Crippen LogP contribution is -2.41. The summed E-state index contributed by atoms with van der Waals surface area (Å²) in [6.45, 7) is 0. The van der Waals surface area contributed by atoms with E-state index in [4.69, 9.17) is 5.11 Å². The van der Waals surface area contributed by atoms with E-state index in [1.165, 1.54) is 6.42 Å². The van der Waals surface area contributed by atoms with Gasteiger partial charge in [-0.15, -0.1) is 12.4 Å². The summed E-state index contributed by atoms with van der Waals surface area (Å²) < 4.78 is 0. The van der Waals surface area contributed by atoms with Crippen LogP contribution in [0.25, 0.3) is 0 Å². The Kier molecular flexibility index (Phi) is 2.40. The number of nitrogens with one attached hydrogen (secondary N) is 1. The summed E-state index contributed by atoms with van der Waals surface area (Å²) in [4.78, 5) is 10.5. The molecule has 0 aromatic heterocycles. The molecule has 1 aliphatic carbocycles. The zero-order valence-electron chi connectivity index (χ0n) is 6.12. The molecule has 0 spiro atoms. The van der Waals surface area contributed by atoms with Gasteiger partial charge in [-0.2, -0.15) is 0 Å². The largest absolute Gasteiger partial charge is 0.480 e. The first-order chi connectivity index (χ1) is 4.77. The highest BCUT2D eigenvalue weighted by Gasteiger charge is 2.42. The van der Waals surface area contributed by atoms with Crippen LogP contribution in [-0.2, 0) is 4.79 Å². The lowest BCUT2D eigenvalue weighted by Gasteiger charge is -2.18. The minimum absolute atomic E-state index is 0. The second-order valence-corrected chi connectivity index (χ2v) is 3.25. The molecule has 4 heteroatoms. The van der Waals surface area contributed by atoms with Crippen molar-refractivity contribution >= 4 is 18.4 Å². The Labute approximate surface area is 71.6 Å². The van der Waals surface area contributed by atoms with Crippen LogP contribution in [0.1, 0.15) is 19.3 Å². The molecule has 2 rings (SSSR count). The minimum Gasteiger partial charge on any atom is -0.480 e. The Bertz CT molecular complexity index is 174. The standard InChI is InChI=1S/C7H11NO2.ClH/c9-7(10)6-4-1-2-5(3-4)8-6;/h4-6,8H,1-3H2,(H,9,10);1H/t4-,5+,6?;/m0./s1. The fourth-order valence-electron chi connectivity index (χ4n) is 2.13. The quantitative estimate of drug-likeness (QED) is 0.618. The van der Waals surface area contributed by atoms with Crippen LogP contribution in [0.2, 0.25) is 0 Å². The van der Waals surface area contributed by atoms with Crippen LogP contribution in [0.15, 0.2) is 0 Å². The SMILES string of the molecule is Cl.O=C(O)C1N[C@@H]2CC[C@H]1C2. The van der Waals surface area contributed by atoms with Crippen molar-refractivity contribution in [2.24, 2.45) is 5.92 Å². The number of piperidine rings is 1. The number of hydrogen-bond donors (Lipinski definition) is 2. The van der Waals surface area contributed by atoms with Gasteiger partial charge in [-0.1, -0.05) is 0 Å². The Morgan fingerprint density at radius 3 is 2.45 bits per heavy atom. The molecule has 1 saturated heterocycles. The van der Waals surface area contributed by atoms with Crippen LogP contribution in [-0.4, -0.2) is 23.2 Å². The van der Waals surface area contributed by atoms with Crippen LogP contribution in [0.3, 0.4) is 0 Å². The van der Waals surface area contributed by atoms with Crippen molar-refractivity contribution < 1.29 is 9.90 Å². The van der Waals surface area contributed by atoms with E-state index in [9.17, 15) is 4.79 Å². The molecule has 3 atom stereocenters. The van der Waals surface area contributed by atoms with Crippen molar-refractivity contribution in [1.82, 2.24) is 5.32 Å². The average molecular weight is 178 g/mol. The molecule has 0 aromatic rings. The van der Waals surface area contributed by atoms with Gasteiger partial charge in [0.05, 0.1) is 0 Å². The summed E-state index contributed by atoms with van der Waals surface area (Å²) >= 11 is 0. The van der Waals surface area contributed by atoms with Crippen molar-refractivity contribution in [3.8, 4) is 0 Å². The first kappa shape index (κ1) is 8.81. The second-order valence-electron chi connectivity index (χ2n) is 3.25. The third-order valence-electron chi connectivity index (χ3n) is 2.63. The third kappa shape index (κ3) is 1.35. The summed E-state index contributed by atoms with van der Waals surface area (Å²) in [6.07, 6.45) is 3.36. The van der Waals surface area contributed by atoms with Gasteiger partial charge >= 0.3 is 5.97 Å². The van der Waals surface area contributed by atoms with Crippen LogP contribution >= 0.6 is 12.4 Å². The Morgan fingerprint density at radius 1 is 1.45 bits per heavy atom. The topological polar surface area (TPSA) is 49.3 Å². The first-order valence-electron chi connectivity index (χ1n) is 3.76. The summed E-state index contributed by atoms with van der Waals surface area (Å²) in [5.41, 5.74) is 0. The van der Waals surface area contributed by atoms with Crippen molar-refractivity contribution in [3.05, 3.63) is 0 Å². The molecular formula is C7H12ClNO2. The molecule has 0 amide bonds. The van der Waals surface area contributed by atoms with Gasteiger partial charge in [0.1, 0.15) is 6.04 Å². The molecule has 1 unspecified atom stereocenters. The van der Waals surface area contributed by atoms with Crippen molar-refractivity contribution in [3.63, 3.8) is 0 Å². The average Bonchev–Trinajstić information content (AvgIpc) is 2.44. The fourth-order valence-corrected chi connectivity index (χ4v) is 2.13. The van der Waals surface area contributed by atoms with E-state index in [0.29, 0.717) is 12.0 Å². The summed E-state index contributed by atoms with van der Waals surface area (Å²) in [6, 6.07) is 0.268. The Balaban J connectivity index is 0.000000605.